The van der Waals surface area contributed by atoms with Gasteiger partial charge in [0.15, 0.2) is 0 Å². The lowest BCUT2D eigenvalue weighted by atomic mass is 9.85. The molecule has 6 nitrogen and oxygen atoms in total. The van der Waals surface area contributed by atoms with Crippen LogP contribution in [0, 0.1) is 5.92 Å². The van der Waals surface area contributed by atoms with E-state index in [1.807, 2.05) is 0 Å². The molecule has 0 saturated heterocycles. The number of hydrogen-bond acceptors (Lipinski definition) is 5. The van der Waals surface area contributed by atoms with E-state index in [-0.39, 0.29) is 29.4 Å². The minimum absolute atomic E-state index is 0.200. The Hall–Kier alpha value is -1.11. The molecule has 7 heteroatoms. The molecule has 0 bridgehead atoms. The Labute approximate surface area is 122 Å². The fraction of sp³-hybridized carbons (Fsp3) is 0.692. The molecule has 0 spiro atoms. The summed E-state index contributed by atoms with van der Waals surface area (Å²) in [5.41, 5.74) is 0.0464. The Morgan fingerprint density at radius 1 is 1.65 bits per heavy atom. The van der Waals surface area contributed by atoms with Gasteiger partial charge in [-0.1, -0.05) is 18.0 Å². The number of halogens is 1. The number of nitrogens with one attached hydrogen (secondary N) is 1. The van der Waals surface area contributed by atoms with Gasteiger partial charge in [-0.15, -0.1) is 0 Å². The highest BCUT2D eigenvalue weighted by Gasteiger charge is 2.20. The third-order valence-electron chi connectivity index (χ3n) is 3.53. The predicted molar refractivity (Wildman–Crippen MR) is 77.2 cm³/mol. The second-order valence-electron chi connectivity index (χ2n) is 5.14. The molecule has 2 N–H and O–H groups in total. The molecule has 112 valence electrons. The van der Waals surface area contributed by atoms with Crippen LogP contribution in [-0.2, 0) is 11.3 Å². The van der Waals surface area contributed by atoms with Crippen LogP contribution in [0.1, 0.15) is 19.3 Å². The first-order chi connectivity index (χ1) is 9.61. The first-order valence-corrected chi connectivity index (χ1v) is 7.16. The zero-order valence-electron chi connectivity index (χ0n) is 11.5. The summed E-state index contributed by atoms with van der Waals surface area (Å²) in [6.07, 6.45) is 4.29. The summed E-state index contributed by atoms with van der Waals surface area (Å²) in [6, 6.07) is 0. The van der Waals surface area contributed by atoms with E-state index in [1.165, 1.54) is 24.4 Å². The van der Waals surface area contributed by atoms with Gasteiger partial charge < -0.3 is 15.2 Å². The highest BCUT2D eigenvalue weighted by Crippen LogP contribution is 2.27. The Morgan fingerprint density at radius 2 is 2.40 bits per heavy atom. The summed E-state index contributed by atoms with van der Waals surface area (Å²) < 4.78 is 6.28. The summed E-state index contributed by atoms with van der Waals surface area (Å²) >= 11 is 6.00. The standard InChI is InChI=1S/C13H20ClN3O3/c1-20-8-10(18)5-15-12-11(14)6-16-17(13(12)19)7-9-3-2-4-9/h6,9-10,15,18H,2-5,7-8H2,1H3. The average Bonchev–Trinajstić information content (AvgIpc) is 2.36. The monoisotopic (exact) mass is 301 g/mol. The molecule has 0 aliphatic heterocycles. The van der Waals surface area contributed by atoms with Gasteiger partial charge in [0.25, 0.3) is 5.56 Å². The van der Waals surface area contributed by atoms with Gasteiger partial charge >= 0.3 is 0 Å². The number of aliphatic hydroxyl groups excluding tert-OH is 1. The van der Waals surface area contributed by atoms with Gasteiger partial charge in [0.2, 0.25) is 0 Å². The summed E-state index contributed by atoms with van der Waals surface area (Å²) in [7, 11) is 1.51. The molecule has 1 aliphatic carbocycles. The summed E-state index contributed by atoms with van der Waals surface area (Å²) in [6.45, 7) is 1.04. The van der Waals surface area contributed by atoms with E-state index >= 15 is 0 Å². The first kappa shape index (κ1) is 15.3. The molecular formula is C13H20ClN3O3. The van der Waals surface area contributed by atoms with Crippen molar-refractivity contribution < 1.29 is 9.84 Å². The number of hydrogen-bond donors (Lipinski definition) is 2. The second-order valence-corrected chi connectivity index (χ2v) is 5.55. The Bertz CT molecular complexity index is 502. The highest BCUT2D eigenvalue weighted by molar-refractivity contribution is 6.32. The van der Waals surface area contributed by atoms with E-state index in [0.717, 1.165) is 12.8 Å². The van der Waals surface area contributed by atoms with Crippen molar-refractivity contribution in [2.45, 2.75) is 31.9 Å². The Kier molecular flexibility index (Phi) is 5.39. The van der Waals surface area contributed by atoms with Crippen LogP contribution in [-0.4, -0.2) is 41.3 Å². The molecule has 1 unspecified atom stereocenters. The highest BCUT2D eigenvalue weighted by atomic mass is 35.5. The van der Waals surface area contributed by atoms with E-state index in [9.17, 15) is 9.90 Å². The van der Waals surface area contributed by atoms with Crippen LogP contribution in [0.3, 0.4) is 0 Å². The van der Waals surface area contributed by atoms with E-state index in [0.29, 0.717) is 12.5 Å². The number of anilines is 1. The maximum absolute atomic E-state index is 12.3. The van der Waals surface area contributed by atoms with Gasteiger partial charge in [0, 0.05) is 20.2 Å². The Morgan fingerprint density at radius 3 is 3.00 bits per heavy atom. The summed E-state index contributed by atoms with van der Waals surface area (Å²) in [5, 5.41) is 16.8. The Balaban J connectivity index is 2.06. The van der Waals surface area contributed by atoms with Crippen molar-refractivity contribution in [3.05, 3.63) is 21.6 Å². The summed E-state index contributed by atoms with van der Waals surface area (Å²) in [5.74, 6) is 0.535. The van der Waals surface area contributed by atoms with Crippen molar-refractivity contribution in [3.8, 4) is 0 Å². The van der Waals surface area contributed by atoms with Gasteiger partial charge in [0.1, 0.15) is 5.69 Å². The number of nitrogens with zero attached hydrogens (tertiary/aromatic N) is 2. The van der Waals surface area contributed by atoms with Crippen LogP contribution >= 0.6 is 11.6 Å². The lowest BCUT2D eigenvalue weighted by Crippen LogP contribution is -2.33. The van der Waals surface area contributed by atoms with Crippen molar-refractivity contribution in [1.82, 2.24) is 9.78 Å². The predicted octanol–water partition coefficient (Wildman–Crippen LogP) is 1.12. The first-order valence-electron chi connectivity index (χ1n) is 6.78. The molecule has 1 aromatic heterocycles. The van der Waals surface area contributed by atoms with Crippen LogP contribution in [0.4, 0.5) is 5.69 Å². The van der Waals surface area contributed by atoms with Crippen LogP contribution in [0.5, 0.6) is 0 Å². The van der Waals surface area contributed by atoms with Crippen LogP contribution in [0.2, 0.25) is 5.02 Å². The quantitative estimate of drug-likeness (QED) is 0.789. The number of rotatable bonds is 7. The second kappa shape index (κ2) is 7.06. The van der Waals surface area contributed by atoms with Crippen LogP contribution < -0.4 is 10.9 Å². The molecule has 0 radical (unpaired) electrons. The van der Waals surface area contributed by atoms with Gasteiger partial charge in [0.05, 0.1) is 23.9 Å². The van der Waals surface area contributed by atoms with Gasteiger partial charge in [-0.2, -0.15) is 5.10 Å². The van der Waals surface area contributed by atoms with E-state index in [2.05, 4.69) is 10.4 Å². The van der Waals surface area contributed by atoms with E-state index in [1.54, 1.807) is 0 Å². The zero-order valence-corrected chi connectivity index (χ0v) is 12.3. The molecule has 1 aliphatic rings. The van der Waals surface area contributed by atoms with Crippen molar-refractivity contribution in [1.29, 1.82) is 0 Å². The minimum atomic E-state index is -0.691. The third kappa shape index (κ3) is 3.71. The zero-order chi connectivity index (χ0) is 14.5. The molecule has 1 fully saturated rings. The third-order valence-corrected chi connectivity index (χ3v) is 3.81. The van der Waals surface area contributed by atoms with Crippen molar-refractivity contribution in [3.63, 3.8) is 0 Å². The lowest BCUT2D eigenvalue weighted by Gasteiger charge is -2.25. The van der Waals surface area contributed by atoms with Crippen molar-refractivity contribution >= 4 is 17.3 Å². The molecule has 0 amide bonds. The van der Waals surface area contributed by atoms with E-state index < -0.39 is 6.10 Å². The topological polar surface area (TPSA) is 76.4 Å². The minimum Gasteiger partial charge on any atom is -0.389 e. The molecule has 0 aromatic carbocycles. The largest absolute Gasteiger partial charge is 0.389 e. The molecular weight excluding hydrogens is 282 g/mol. The SMILES string of the molecule is COCC(O)CNc1c(Cl)cnn(CC2CCC2)c1=O. The van der Waals surface area contributed by atoms with Gasteiger partial charge in [-0.05, 0) is 18.8 Å². The van der Waals surface area contributed by atoms with Crippen LogP contribution in [0.25, 0.3) is 0 Å². The molecule has 1 saturated carbocycles. The van der Waals surface area contributed by atoms with Crippen molar-refractivity contribution in [2.24, 2.45) is 5.92 Å². The normalized spacial score (nSPS) is 16.8. The molecule has 1 atom stereocenters. The fourth-order valence-electron chi connectivity index (χ4n) is 2.15. The van der Waals surface area contributed by atoms with Gasteiger partial charge in [-0.25, -0.2) is 4.68 Å². The fourth-order valence-corrected chi connectivity index (χ4v) is 2.34. The number of methoxy groups -OCH3 is 1. The molecule has 1 heterocycles. The number of aliphatic hydroxyl groups is 1. The number of ether oxygens (including phenoxy) is 1. The number of aromatic nitrogens is 2. The average molecular weight is 302 g/mol. The van der Waals surface area contributed by atoms with E-state index in [4.69, 9.17) is 16.3 Å². The maximum atomic E-state index is 12.3. The maximum Gasteiger partial charge on any atom is 0.291 e. The molecule has 2 rings (SSSR count). The lowest BCUT2D eigenvalue weighted by molar-refractivity contribution is 0.0727. The molecule has 1 aromatic rings. The van der Waals surface area contributed by atoms with Crippen molar-refractivity contribution in [2.75, 3.05) is 25.6 Å². The summed E-state index contributed by atoms with van der Waals surface area (Å²) in [4.78, 5) is 12.3. The van der Waals surface area contributed by atoms with Crippen LogP contribution in [0.15, 0.2) is 11.0 Å². The van der Waals surface area contributed by atoms with Gasteiger partial charge in [-0.3, -0.25) is 4.79 Å². The molecule has 20 heavy (non-hydrogen) atoms. The smallest absolute Gasteiger partial charge is 0.291 e.